The van der Waals surface area contributed by atoms with Gasteiger partial charge in [0.05, 0.1) is 12.2 Å². The summed E-state index contributed by atoms with van der Waals surface area (Å²) in [6.45, 7) is 1.87. The maximum Gasteiger partial charge on any atom is 0.271 e. The van der Waals surface area contributed by atoms with Crippen LogP contribution in [0.5, 0.6) is 0 Å². The third kappa shape index (κ3) is 4.00. The smallest absolute Gasteiger partial charge is 0.271 e. The number of nitrogens with zero attached hydrogens (tertiary/aromatic N) is 2. The second-order valence-electron chi connectivity index (χ2n) is 4.56. The van der Waals surface area contributed by atoms with Gasteiger partial charge in [-0.15, -0.1) is 0 Å². The van der Waals surface area contributed by atoms with Crippen LogP contribution >= 0.6 is 11.6 Å². The average Bonchev–Trinajstić information content (AvgIpc) is 2.50. The Morgan fingerprint density at radius 3 is 2.57 bits per heavy atom. The van der Waals surface area contributed by atoms with Gasteiger partial charge in [0, 0.05) is 24.5 Å². The van der Waals surface area contributed by atoms with E-state index in [0.29, 0.717) is 5.02 Å². The highest BCUT2D eigenvalue weighted by Crippen LogP contribution is 2.22. The summed E-state index contributed by atoms with van der Waals surface area (Å²) < 4.78 is 5.48. The maximum atomic E-state index is 12.1. The predicted molar refractivity (Wildman–Crippen MR) is 80.2 cm³/mol. The van der Waals surface area contributed by atoms with Crippen molar-refractivity contribution in [2.24, 2.45) is 0 Å². The average molecular weight is 306 g/mol. The molecule has 5 nitrogen and oxygen atoms in total. The zero-order chi connectivity index (χ0) is 15.2. The van der Waals surface area contributed by atoms with Crippen molar-refractivity contribution in [1.29, 1.82) is 0 Å². The molecule has 0 saturated carbocycles. The van der Waals surface area contributed by atoms with Gasteiger partial charge in [-0.3, -0.25) is 9.78 Å². The van der Waals surface area contributed by atoms with Crippen LogP contribution in [0, 0.1) is 0 Å². The molecule has 0 saturated heterocycles. The van der Waals surface area contributed by atoms with Gasteiger partial charge in [0.25, 0.3) is 5.91 Å². The van der Waals surface area contributed by atoms with Crippen molar-refractivity contribution in [3.63, 3.8) is 0 Å². The molecule has 6 heteroatoms. The van der Waals surface area contributed by atoms with Crippen LogP contribution in [0.1, 0.15) is 29.1 Å². The number of hydrogen-bond donors (Lipinski definition) is 1. The van der Waals surface area contributed by atoms with Crippen LogP contribution < -0.4 is 5.32 Å². The van der Waals surface area contributed by atoms with Gasteiger partial charge < -0.3 is 10.1 Å². The number of methoxy groups -OCH3 is 1. The Bertz CT molecular complexity index is 590. The summed E-state index contributed by atoms with van der Waals surface area (Å²) in [5.74, 6) is -0.286. The summed E-state index contributed by atoms with van der Waals surface area (Å²) in [7, 11) is 1.60. The molecule has 1 amide bonds. The van der Waals surface area contributed by atoms with E-state index in [-0.39, 0.29) is 23.7 Å². The normalized spacial score (nSPS) is 13.5. The monoisotopic (exact) mass is 305 g/mol. The first kappa shape index (κ1) is 15.4. The Hall–Kier alpha value is -1.98. The van der Waals surface area contributed by atoms with Gasteiger partial charge in [0.15, 0.2) is 0 Å². The lowest BCUT2D eigenvalue weighted by atomic mass is 10.0. The lowest BCUT2D eigenvalue weighted by Gasteiger charge is -2.24. The fourth-order valence-corrected chi connectivity index (χ4v) is 2.18. The third-order valence-corrected chi connectivity index (χ3v) is 3.31. The van der Waals surface area contributed by atoms with Crippen LogP contribution in [0.3, 0.4) is 0 Å². The van der Waals surface area contributed by atoms with Crippen LogP contribution in [0.25, 0.3) is 0 Å². The predicted octanol–water partition coefficient (Wildman–Crippen LogP) is 2.64. The molecule has 2 atom stereocenters. The maximum absolute atomic E-state index is 12.1. The molecule has 0 aliphatic carbocycles. The van der Waals surface area contributed by atoms with E-state index in [9.17, 15) is 4.79 Å². The Morgan fingerprint density at radius 1 is 1.29 bits per heavy atom. The second kappa shape index (κ2) is 7.15. The van der Waals surface area contributed by atoms with Crippen molar-refractivity contribution >= 4 is 17.5 Å². The molecule has 21 heavy (non-hydrogen) atoms. The zero-order valence-corrected chi connectivity index (χ0v) is 12.5. The Kier molecular flexibility index (Phi) is 5.25. The zero-order valence-electron chi connectivity index (χ0n) is 11.8. The van der Waals surface area contributed by atoms with Crippen LogP contribution in [0.4, 0.5) is 0 Å². The first-order valence-corrected chi connectivity index (χ1v) is 6.84. The summed E-state index contributed by atoms with van der Waals surface area (Å²) in [6, 6.07) is 7.11. The first-order valence-electron chi connectivity index (χ1n) is 6.47. The molecule has 0 aliphatic heterocycles. The Morgan fingerprint density at radius 2 is 2.00 bits per heavy atom. The molecule has 0 bridgehead atoms. The highest BCUT2D eigenvalue weighted by Gasteiger charge is 2.21. The van der Waals surface area contributed by atoms with Crippen LogP contribution in [-0.4, -0.2) is 29.0 Å². The molecule has 0 radical (unpaired) electrons. The van der Waals surface area contributed by atoms with E-state index in [0.717, 1.165) is 5.56 Å². The molecule has 1 N–H and O–H groups in total. The number of ether oxygens (including phenoxy) is 1. The largest absolute Gasteiger partial charge is 0.375 e. The van der Waals surface area contributed by atoms with E-state index in [4.69, 9.17) is 16.3 Å². The Labute approximate surface area is 128 Å². The highest BCUT2D eigenvalue weighted by molar-refractivity contribution is 6.30. The number of amides is 1. The molecule has 2 unspecified atom stereocenters. The van der Waals surface area contributed by atoms with Crippen LogP contribution in [0.2, 0.25) is 5.02 Å². The highest BCUT2D eigenvalue weighted by atomic mass is 35.5. The van der Waals surface area contributed by atoms with Gasteiger partial charge >= 0.3 is 0 Å². The summed E-state index contributed by atoms with van der Waals surface area (Å²) in [4.78, 5) is 19.9. The second-order valence-corrected chi connectivity index (χ2v) is 5.00. The van der Waals surface area contributed by atoms with E-state index >= 15 is 0 Å². The van der Waals surface area contributed by atoms with E-state index in [1.165, 1.54) is 18.6 Å². The molecule has 1 heterocycles. The van der Waals surface area contributed by atoms with Crippen molar-refractivity contribution in [3.8, 4) is 0 Å². The molecule has 2 aromatic rings. The molecule has 0 fully saturated rings. The van der Waals surface area contributed by atoms with E-state index in [2.05, 4.69) is 15.3 Å². The molecule has 1 aromatic carbocycles. The first-order chi connectivity index (χ1) is 10.1. The number of halogens is 1. The number of benzene rings is 1. The molecular weight excluding hydrogens is 290 g/mol. The van der Waals surface area contributed by atoms with E-state index in [1.54, 1.807) is 19.2 Å². The van der Waals surface area contributed by atoms with Crippen LogP contribution in [0.15, 0.2) is 42.9 Å². The summed E-state index contributed by atoms with van der Waals surface area (Å²) in [5, 5.41) is 3.52. The SMILES string of the molecule is COC(c1ccc(Cl)cc1)C(C)NC(=O)c1cnccn1. The molecule has 0 spiro atoms. The number of hydrogen-bond acceptors (Lipinski definition) is 4. The molecule has 1 aromatic heterocycles. The van der Waals surface area contributed by atoms with Crippen molar-refractivity contribution in [2.75, 3.05) is 7.11 Å². The van der Waals surface area contributed by atoms with Crippen molar-refractivity contribution in [3.05, 3.63) is 59.1 Å². The molecule has 110 valence electrons. The van der Waals surface area contributed by atoms with Gasteiger partial charge in [-0.2, -0.15) is 0 Å². The van der Waals surface area contributed by atoms with Gasteiger partial charge in [-0.1, -0.05) is 23.7 Å². The van der Waals surface area contributed by atoms with E-state index < -0.39 is 0 Å². The number of rotatable bonds is 5. The summed E-state index contributed by atoms with van der Waals surface area (Å²) >= 11 is 5.88. The Balaban J connectivity index is 2.08. The van der Waals surface area contributed by atoms with Gasteiger partial charge in [0.2, 0.25) is 0 Å². The standard InChI is InChI=1S/C15H16ClN3O2/c1-10(19-15(20)13-9-17-7-8-18-13)14(21-2)11-3-5-12(16)6-4-11/h3-10,14H,1-2H3,(H,19,20). The minimum absolute atomic E-state index is 0.231. The minimum Gasteiger partial charge on any atom is -0.375 e. The summed E-state index contributed by atoms with van der Waals surface area (Å²) in [6.07, 6.45) is 4.15. The number of carbonyl (C=O) groups excluding carboxylic acids is 1. The third-order valence-electron chi connectivity index (χ3n) is 3.06. The van der Waals surface area contributed by atoms with Gasteiger partial charge in [-0.25, -0.2) is 4.98 Å². The molecule has 0 aliphatic rings. The lowest BCUT2D eigenvalue weighted by Crippen LogP contribution is -2.38. The number of carbonyl (C=O) groups is 1. The van der Waals surface area contributed by atoms with Crippen molar-refractivity contribution < 1.29 is 9.53 Å². The topological polar surface area (TPSA) is 64.1 Å². The van der Waals surface area contributed by atoms with Gasteiger partial charge in [0.1, 0.15) is 11.8 Å². The minimum atomic E-state index is -0.286. The quantitative estimate of drug-likeness (QED) is 0.922. The number of aromatic nitrogens is 2. The van der Waals surface area contributed by atoms with Crippen molar-refractivity contribution in [1.82, 2.24) is 15.3 Å². The van der Waals surface area contributed by atoms with Gasteiger partial charge in [-0.05, 0) is 24.6 Å². The molecular formula is C15H16ClN3O2. The number of nitrogens with one attached hydrogen (secondary N) is 1. The lowest BCUT2D eigenvalue weighted by molar-refractivity contribution is 0.0642. The molecule has 2 rings (SSSR count). The fraction of sp³-hybridized carbons (Fsp3) is 0.267. The van der Waals surface area contributed by atoms with E-state index in [1.807, 2.05) is 19.1 Å². The summed E-state index contributed by atoms with van der Waals surface area (Å²) in [5.41, 5.74) is 1.21. The van der Waals surface area contributed by atoms with Crippen LogP contribution in [-0.2, 0) is 4.74 Å². The fourth-order valence-electron chi connectivity index (χ4n) is 2.05. The van der Waals surface area contributed by atoms with Crippen molar-refractivity contribution in [2.45, 2.75) is 19.1 Å².